The Kier molecular flexibility index (Phi) is 4.68. The molecule has 28 heavy (non-hydrogen) atoms. The molecule has 1 aliphatic rings. The van der Waals surface area contributed by atoms with Crippen LogP contribution in [0.4, 0.5) is 11.4 Å². The van der Waals surface area contributed by atoms with Crippen LogP contribution in [0.25, 0.3) is 6.08 Å². The van der Waals surface area contributed by atoms with Crippen molar-refractivity contribution in [3.8, 4) is 11.5 Å². The smallest absolute Gasteiger partial charge is 0.262 e. The van der Waals surface area contributed by atoms with Crippen LogP contribution >= 0.6 is 0 Å². The third-order valence-electron chi connectivity index (χ3n) is 4.36. The van der Waals surface area contributed by atoms with Crippen LogP contribution < -0.4 is 15.0 Å². The number of carbonyl (C=O) groups excluding carboxylic acids is 2. The highest BCUT2D eigenvalue weighted by Gasteiger charge is 2.27. The summed E-state index contributed by atoms with van der Waals surface area (Å²) in [6.45, 7) is 2.41. The summed E-state index contributed by atoms with van der Waals surface area (Å²) < 4.78 is 11.1. The van der Waals surface area contributed by atoms with Crippen LogP contribution in [-0.4, -0.2) is 18.4 Å². The number of anilines is 2. The van der Waals surface area contributed by atoms with Crippen LogP contribution in [0.15, 0.2) is 71.4 Å². The highest BCUT2D eigenvalue weighted by molar-refractivity contribution is 6.11. The molecule has 1 aromatic heterocycles. The summed E-state index contributed by atoms with van der Waals surface area (Å²) in [6, 6.07) is 15.9. The van der Waals surface area contributed by atoms with E-state index in [4.69, 9.17) is 9.15 Å². The molecule has 0 saturated heterocycles. The largest absolute Gasteiger partial charge is 0.465 e. The molecule has 1 aliphatic heterocycles. The Morgan fingerprint density at radius 3 is 2.75 bits per heavy atom. The lowest BCUT2D eigenvalue weighted by molar-refractivity contribution is -0.111. The molecule has 0 atom stereocenters. The maximum atomic E-state index is 13.1. The lowest BCUT2D eigenvalue weighted by Crippen LogP contribution is -2.29. The van der Waals surface area contributed by atoms with Crippen molar-refractivity contribution >= 4 is 29.3 Å². The molecule has 0 spiro atoms. The van der Waals surface area contributed by atoms with Gasteiger partial charge in [0, 0.05) is 18.3 Å². The molecule has 2 aromatic carbocycles. The molecule has 140 valence electrons. The van der Waals surface area contributed by atoms with E-state index in [0.717, 1.165) is 5.69 Å². The third kappa shape index (κ3) is 3.40. The summed E-state index contributed by atoms with van der Waals surface area (Å²) in [4.78, 5) is 26.9. The lowest BCUT2D eigenvalue weighted by atomic mass is 10.1. The molecule has 0 fully saturated rings. The van der Waals surface area contributed by atoms with E-state index in [2.05, 4.69) is 5.32 Å². The van der Waals surface area contributed by atoms with Crippen molar-refractivity contribution in [2.45, 2.75) is 6.92 Å². The van der Waals surface area contributed by atoms with E-state index in [9.17, 15) is 9.59 Å². The number of carbonyl (C=O) groups is 2. The molecule has 4 rings (SSSR count). The standard InChI is InChI=1S/C22H18N2O4/c1-2-24-18-7-3-4-8-20(18)28-19-11-9-15(14-17(19)22(24)26)23-21(25)12-10-16-6-5-13-27-16/h3-14H,2H2,1H3,(H,23,25)/b12-10+. The quantitative estimate of drug-likeness (QED) is 0.672. The van der Waals surface area contributed by atoms with E-state index in [-0.39, 0.29) is 11.8 Å². The van der Waals surface area contributed by atoms with Gasteiger partial charge in [-0.25, -0.2) is 0 Å². The number of ether oxygens (including phenoxy) is 1. The van der Waals surface area contributed by atoms with Gasteiger partial charge in [-0.2, -0.15) is 0 Å². The zero-order chi connectivity index (χ0) is 19.5. The van der Waals surface area contributed by atoms with Crippen molar-refractivity contribution in [2.75, 3.05) is 16.8 Å². The molecular weight excluding hydrogens is 356 g/mol. The van der Waals surface area contributed by atoms with E-state index < -0.39 is 0 Å². The van der Waals surface area contributed by atoms with Crippen LogP contribution in [0.5, 0.6) is 11.5 Å². The average molecular weight is 374 g/mol. The van der Waals surface area contributed by atoms with Gasteiger partial charge in [-0.1, -0.05) is 12.1 Å². The number of hydrogen-bond donors (Lipinski definition) is 1. The first-order valence-electron chi connectivity index (χ1n) is 8.91. The predicted molar refractivity (Wildman–Crippen MR) is 107 cm³/mol. The number of fused-ring (bicyclic) bond motifs is 2. The average Bonchev–Trinajstić information content (AvgIpc) is 3.19. The van der Waals surface area contributed by atoms with Crippen LogP contribution in [0.2, 0.25) is 0 Å². The SMILES string of the molecule is CCN1C(=O)c2cc(NC(=O)/C=C/c3ccco3)ccc2Oc2ccccc21. The van der Waals surface area contributed by atoms with Crippen molar-refractivity contribution in [1.82, 2.24) is 0 Å². The molecule has 3 aromatic rings. The Morgan fingerprint density at radius 2 is 1.96 bits per heavy atom. The molecular formula is C22H18N2O4. The van der Waals surface area contributed by atoms with Gasteiger partial charge in [-0.15, -0.1) is 0 Å². The van der Waals surface area contributed by atoms with Crippen LogP contribution in [-0.2, 0) is 4.79 Å². The number of rotatable bonds is 4. The number of amides is 2. The summed E-state index contributed by atoms with van der Waals surface area (Å²) >= 11 is 0. The minimum atomic E-state index is -0.325. The number of nitrogens with one attached hydrogen (secondary N) is 1. The fourth-order valence-electron chi connectivity index (χ4n) is 3.05. The zero-order valence-corrected chi connectivity index (χ0v) is 15.2. The first kappa shape index (κ1) is 17.6. The summed E-state index contributed by atoms with van der Waals surface area (Å²) in [6.07, 6.45) is 4.48. The number of hydrogen-bond acceptors (Lipinski definition) is 4. The first-order valence-corrected chi connectivity index (χ1v) is 8.91. The summed E-state index contributed by atoms with van der Waals surface area (Å²) in [5.74, 6) is 1.16. The Bertz CT molecular complexity index is 1050. The van der Waals surface area contributed by atoms with Crippen molar-refractivity contribution in [1.29, 1.82) is 0 Å². The second-order valence-electron chi connectivity index (χ2n) is 6.17. The minimum Gasteiger partial charge on any atom is -0.465 e. The molecule has 6 heteroatoms. The Morgan fingerprint density at radius 1 is 1.11 bits per heavy atom. The van der Waals surface area contributed by atoms with Gasteiger partial charge in [-0.3, -0.25) is 9.59 Å². The van der Waals surface area contributed by atoms with Crippen molar-refractivity contribution in [3.63, 3.8) is 0 Å². The lowest BCUT2D eigenvalue weighted by Gasteiger charge is -2.19. The Hall–Kier alpha value is -3.80. The maximum absolute atomic E-state index is 13.1. The van der Waals surface area contributed by atoms with Gasteiger partial charge >= 0.3 is 0 Å². The van der Waals surface area contributed by atoms with Gasteiger partial charge in [0.1, 0.15) is 11.5 Å². The highest BCUT2D eigenvalue weighted by atomic mass is 16.5. The summed E-state index contributed by atoms with van der Waals surface area (Å²) in [7, 11) is 0. The highest BCUT2D eigenvalue weighted by Crippen LogP contribution is 2.39. The monoisotopic (exact) mass is 374 g/mol. The molecule has 1 N–H and O–H groups in total. The fourth-order valence-corrected chi connectivity index (χ4v) is 3.05. The zero-order valence-electron chi connectivity index (χ0n) is 15.2. The van der Waals surface area contributed by atoms with Crippen LogP contribution in [0.1, 0.15) is 23.0 Å². The number of benzene rings is 2. The molecule has 2 heterocycles. The maximum Gasteiger partial charge on any atom is 0.262 e. The van der Waals surface area contributed by atoms with E-state index in [1.165, 1.54) is 12.3 Å². The molecule has 0 radical (unpaired) electrons. The van der Waals surface area contributed by atoms with E-state index >= 15 is 0 Å². The van der Waals surface area contributed by atoms with Gasteiger partial charge in [0.05, 0.1) is 17.5 Å². The molecule has 0 bridgehead atoms. The summed E-state index contributed by atoms with van der Waals surface area (Å²) in [5.41, 5.74) is 1.62. The van der Waals surface area contributed by atoms with Gasteiger partial charge in [0.15, 0.2) is 5.75 Å². The first-order chi connectivity index (χ1) is 13.7. The molecule has 0 saturated carbocycles. The van der Waals surface area contributed by atoms with E-state index in [1.807, 2.05) is 31.2 Å². The topological polar surface area (TPSA) is 71.8 Å². The van der Waals surface area contributed by atoms with Crippen molar-refractivity contribution in [3.05, 3.63) is 78.3 Å². The normalized spacial score (nSPS) is 12.9. The minimum absolute atomic E-state index is 0.176. The van der Waals surface area contributed by atoms with E-state index in [1.54, 1.807) is 41.3 Å². The molecule has 2 amide bonds. The number of para-hydroxylation sites is 2. The second-order valence-corrected chi connectivity index (χ2v) is 6.17. The van der Waals surface area contributed by atoms with E-state index in [0.29, 0.717) is 35.1 Å². The van der Waals surface area contributed by atoms with Gasteiger partial charge in [0.25, 0.3) is 5.91 Å². The number of nitrogens with zero attached hydrogens (tertiary/aromatic N) is 1. The van der Waals surface area contributed by atoms with Gasteiger partial charge in [-0.05, 0) is 55.5 Å². The fraction of sp³-hybridized carbons (Fsp3) is 0.0909. The molecule has 6 nitrogen and oxygen atoms in total. The second kappa shape index (κ2) is 7.44. The predicted octanol–water partition coefficient (Wildman–Crippen LogP) is 4.70. The Labute approximate surface area is 162 Å². The summed E-state index contributed by atoms with van der Waals surface area (Å²) in [5, 5.41) is 2.76. The van der Waals surface area contributed by atoms with Gasteiger partial charge in [0.2, 0.25) is 5.91 Å². The molecule has 0 unspecified atom stereocenters. The van der Waals surface area contributed by atoms with Crippen LogP contribution in [0, 0.1) is 0 Å². The van der Waals surface area contributed by atoms with Crippen molar-refractivity contribution < 1.29 is 18.7 Å². The van der Waals surface area contributed by atoms with Crippen LogP contribution in [0.3, 0.4) is 0 Å². The van der Waals surface area contributed by atoms with Gasteiger partial charge < -0.3 is 19.4 Å². The third-order valence-corrected chi connectivity index (χ3v) is 4.36. The Balaban J connectivity index is 1.61. The number of furan rings is 1. The molecule has 0 aliphatic carbocycles. The van der Waals surface area contributed by atoms with Crippen molar-refractivity contribution in [2.24, 2.45) is 0 Å².